The Hall–Kier alpha value is -1.59. The molecule has 1 aromatic rings. The summed E-state index contributed by atoms with van der Waals surface area (Å²) in [4.78, 5) is 14.1. The van der Waals surface area contributed by atoms with Crippen molar-refractivity contribution >= 4 is 46.6 Å². The van der Waals surface area contributed by atoms with Crippen LogP contribution in [0.4, 0.5) is 5.69 Å². The number of thiocarbonyl (C=S) groups is 1. The van der Waals surface area contributed by atoms with Crippen LogP contribution in [-0.4, -0.2) is 23.6 Å². The van der Waals surface area contributed by atoms with E-state index in [4.69, 9.17) is 23.8 Å². The molecule has 2 N–H and O–H groups in total. The Morgan fingerprint density at radius 1 is 1.39 bits per heavy atom. The SMILES string of the molecule is CC1CC(C)(C)N(C)c2cc(Cl)c(/C=C3\NC(=S)NC3=O)cc21. The second-order valence-electron chi connectivity index (χ2n) is 6.88. The Bertz CT molecular complexity index is 742. The van der Waals surface area contributed by atoms with Gasteiger partial charge in [0.05, 0.1) is 0 Å². The van der Waals surface area contributed by atoms with Crippen LogP contribution in [0.2, 0.25) is 5.02 Å². The molecule has 6 heteroatoms. The van der Waals surface area contributed by atoms with Crippen LogP contribution in [0.25, 0.3) is 6.08 Å². The van der Waals surface area contributed by atoms with Crippen molar-refractivity contribution in [3.8, 4) is 0 Å². The normalized spacial score (nSPS) is 24.5. The monoisotopic (exact) mass is 349 g/mol. The van der Waals surface area contributed by atoms with E-state index in [0.29, 0.717) is 21.8 Å². The van der Waals surface area contributed by atoms with Gasteiger partial charge in [-0.2, -0.15) is 0 Å². The molecule has 0 radical (unpaired) electrons. The average molecular weight is 350 g/mol. The molecular formula is C17H20ClN3OS. The van der Waals surface area contributed by atoms with Crippen LogP contribution in [0.5, 0.6) is 0 Å². The van der Waals surface area contributed by atoms with Crippen molar-refractivity contribution < 1.29 is 4.79 Å². The Morgan fingerprint density at radius 3 is 2.70 bits per heavy atom. The minimum absolute atomic E-state index is 0.0921. The number of carbonyl (C=O) groups is 1. The van der Waals surface area contributed by atoms with E-state index in [-0.39, 0.29) is 11.4 Å². The standard InChI is InChI=1S/C17H20ClN3OS/c1-9-8-17(2,3)21(4)14-7-12(18)10(5-11(9)14)6-13-15(22)20-16(23)19-13/h5-7,9H,8H2,1-4H3,(H2,19,20,22,23)/b13-6-. The third-order valence-corrected chi connectivity index (χ3v) is 5.30. The summed E-state index contributed by atoms with van der Waals surface area (Å²) >= 11 is 11.4. The molecule has 1 aromatic carbocycles. The van der Waals surface area contributed by atoms with Crippen molar-refractivity contribution in [2.75, 3.05) is 11.9 Å². The molecule has 2 heterocycles. The number of hydrogen-bond acceptors (Lipinski definition) is 3. The predicted octanol–water partition coefficient (Wildman–Crippen LogP) is 3.41. The van der Waals surface area contributed by atoms with Gasteiger partial charge >= 0.3 is 0 Å². The minimum Gasteiger partial charge on any atom is -0.369 e. The Balaban J connectivity index is 2.06. The second-order valence-corrected chi connectivity index (χ2v) is 7.69. The summed E-state index contributed by atoms with van der Waals surface area (Å²) in [7, 11) is 2.10. The zero-order valence-electron chi connectivity index (χ0n) is 13.7. The fourth-order valence-electron chi connectivity index (χ4n) is 3.35. The highest BCUT2D eigenvalue weighted by Crippen LogP contribution is 2.44. The summed E-state index contributed by atoms with van der Waals surface area (Å²) in [6.45, 7) is 6.71. The number of amides is 1. The van der Waals surface area contributed by atoms with E-state index < -0.39 is 0 Å². The van der Waals surface area contributed by atoms with Gasteiger partial charge in [0.2, 0.25) is 0 Å². The molecule has 23 heavy (non-hydrogen) atoms. The van der Waals surface area contributed by atoms with Crippen LogP contribution in [0.1, 0.15) is 44.2 Å². The number of rotatable bonds is 1. The maximum Gasteiger partial charge on any atom is 0.273 e. The van der Waals surface area contributed by atoms with E-state index in [9.17, 15) is 4.79 Å². The molecular weight excluding hydrogens is 330 g/mol. The van der Waals surface area contributed by atoms with E-state index in [1.165, 1.54) is 5.56 Å². The first-order chi connectivity index (χ1) is 10.7. The van der Waals surface area contributed by atoms with Crippen LogP contribution in [0.3, 0.4) is 0 Å². The summed E-state index contributed by atoms with van der Waals surface area (Å²) in [6.07, 6.45) is 2.82. The first kappa shape index (κ1) is 16.3. The molecule has 0 saturated carbocycles. The predicted molar refractivity (Wildman–Crippen MR) is 98.8 cm³/mol. The number of hydrogen-bond donors (Lipinski definition) is 2. The fraction of sp³-hybridized carbons (Fsp3) is 0.412. The molecule has 2 aliphatic rings. The molecule has 2 aliphatic heterocycles. The van der Waals surface area contributed by atoms with Gasteiger partial charge in [0.1, 0.15) is 5.70 Å². The highest BCUT2D eigenvalue weighted by molar-refractivity contribution is 7.80. The molecule has 1 atom stereocenters. The molecule has 0 aliphatic carbocycles. The zero-order chi connectivity index (χ0) is 16.9. The summed E-state index contributed by atoms with van der Waals surface area (Å²) in [5.41, 5.74) is 3.75. The molecule has 122 valence electrons. The smallest absolute Gasteiger partial charge is 0.273 e. The van der Waals surface area contributed by atoms with Crippen molar-refractivity contribution in [3.05, 3.63) is 34.0 Å². The lowest BCUT2D eigenvalue weighted by molar-refractivity contribution is -0.115. The number of fused-ring (bicyclic) bond motifs is 1. The largest absolute Gasteiger partial charge is 0.369 e. The third kappa shape index (κ3) is 2.83. The number of nitrogens with zero attached hydrogens (tertiary/aromatic N) is 1. The zero-order valence-corrected chi connectivity index (χ0v) is 15.2. The summed E-state index contributed by atoms with van der Waals surface area (Å²) < 4.78 is 0. The van der Waals surface area contributed by atoms with Gasteiger partial charge in [-0.25, -0.2) is 0 Å². The number of halogens is 1. The van der Waals surface area contributed by atoms with Crippen LogP contribution < -0.4 is 15.5 Å². The van der Waals surface area contributed by atoms with E-state index in [0.717, 1.165) is 17.7 Å². The van der Waals surface area contributed by atoms with Gasteiger partial charge < -0.3 is 10.2 Å². The maximum absolute atomic E-state index is 11.8. The van der Waals surface area contributed by atoms with E-state index in [1.807, 2.05) is 6.07 Å². The maximum atomic E-state index is 11.8. The Morgan fingerprint density at radius 2 is 2.09 bits per heavy atom. The highest BCUT2D eigenvalue weighted by Gasteiger charge is 2.34. The van der Waals surface area contributed by atoms with E-state index in [1.54, 1.807) is 6.08 Å². The van der Waals surface area contributed by atoms with Gasteiger partial charge in [-0.1, -0.05) is 18.5 Å². The first-order valence-electron chi connectivity index (χ1n) is 7.60. The molecule has 1 unspecified atom stereocenters. The number of carbonyl (C=O) groups excluding carboxylic acids is 1. The topological polar surface area (TPSA) is 44.4 Å². The van der Waals surface area contributed by atoms with Crippen molar-refractivity contribution in [3.63, 3.8) is 0 Å². The summed E-state index contributed by atoms with van der Waals surface area (Å²) in [5.74, 6) is 0.201. The quantitative estimate of drug-likeness (QED) is 0.602. The minimum atomic E-state index is -0.227. The molecule has 1 amide bonds. The molecule has 4 nitrogen and oxygen atoms in total. The highest BCUT2D eigenvalue weighted by atomic mass is 35.5. The van der Waals surface area contributed by atoms with E-state index in [2.05, 4.69) is 49.4 Å². The molecule has 0 aromatic heterocycles. The molecule has 0 bridgehead atoms. The lowest BCUT2D eigenvalue weighted by Gasteiger charge is -2.45. The lowest BCUT2D eigenvalue weighted by Crippen LogP contribution is -2.45. The Kier molecular flexibility index (Phi) is 3.89. The van der Waals surface area contributed by atoms with Crippen LogP contribution in [-0.2, 0) is 4.79 Å². The number of anilines is 1. The average Bonchev–Trinajstić information content (AvgIpc) is 2.76. The van der Waals surface area contributed by atoms with Gasteiger partial charge in [-0.3, -0.25) is 10.1 Å². The van der Waals surface area contributed by atoms with Gasteiger partial charge in [-0.15, -0.1) is 0 Å². The molecule has 0 spiro atoms. The van der Waals surface area contributed by atoms with Crippen LogP contribution >= 0.6 is 23.8 Å². The van der Waals surface area contributed by atoms with Crippen molar-refractivity contribution in [1.82, 2.24) is 10.6 Å². The molecule has 3 rings (SSSR count). The molecule has 1 saturated heterocycles. The molecule has 1 fully saturated rings. The van der Waals surface area contributed by atoms with Gasteiger partial charge in [-0.05, 0) is 67.7 Å². The summed E-state index contributed by atoms with van der Waals surface area (Å²) in [5, 5.41) is 6.36. The van der Waals surface area contributed by atoms with Gasteiger partial charge in [0.25, 0.3) is 5.91 Å². The lowest BCUT2D eigenvalue weighted by atomic mass is 9.80. The third-order valence-electron chi connectivity index (χ3n) is 4.77. The summed E-state index contributed by atoms with van der Waals surface area (Å²) in [6, 6.07) is 4.07. The first-order valence-corrected chi connectivity index (χ1v) is 8.39. The van der Waals surface area contributed by atoms with Crippen molar-refractivity contribution in [2.45, 2.75) is 38.6 Å². The number of nitrogens with one attached hydrogen (secondary N) is 2. The fourth-order valence-corrected chi connectivity index (χ4v) is 3.77. The Labute approximate surface area is 146 Å². The van der Waals surface area contributed by atoms with Crippen LogP contribution in [0.15, 0.2) is 17.8 Å². The van der Waals surface area contributed by atoms with Crippen LogP contribution in [0, 0.1) is 0 Å². The van der Waals surface area contributed by atoms with Crippen molar-refractivity contribution in [1.29, 1.82) is 0 Å². The van der Waals surface area contributed by atoms with Gasteiger partial charge in [0, 0.05) is 23.3 Å². The van der Waals surface area contributed by atoms with E-state index >= 15 is 0 Å². The number of benzene rings is 1. The van der Waals surface area contributed by atoms with Gasteiger partial charge in [0.15, 0.2) is 5.11 Å². The second kappa shape index (κ2) is 5.49. The van der Waals surface area contributed by atoms with Crippen molar-refractivity contribution in [2.24, 2.45) is 0 Å².